The van der Waals surface area contributed by atoms with Gasteiger partial charge in [-0.15, -0.1) is 0 Å². The first-order valence-electron chi connectivity index (χ1n) is 15.4. The lowest BCUT2D eigenvalue weighted by Gasteiger charge is -2.39. The second kappa shape index (κ2) is 12.1. The fourth-order valence-electron chi connectivity index (χ4n) is 6.96. The summed E-state index contributed by atoms with van der Waals surface area (Å²) in [6.07, 6.45) is -1.42. The number of likely N-dealkylation sites (tertiary alicyclic amines) is 1. The van der Waals surface area contributed by atoms with Crippen LogP contribution in [-0.2, 0) is 15.7 Å². The van der Waals surface area contributed by atoms with Crippen LogP contribution < -0.4 is 15.5 Å². The van der Waals surface area contributed by atoms with Gasteiger partial charge < -0.3 is 20.3 Å². The zero-order valence-electron chi connectivity index (χ0n) is 25.1. The van der Waals surface area contributed by atoms with Crippen molar-refractivity contribution in [3.63, 3.8) is 0 Å². The molecule has 1 aromatic heterocycles. The van der Waals surface area contributed by atoms with E-state index >= 15 is 0 Å². The molecule has 4 heterocycles. The largest absolute Gasteiger partial charge is 0.416 e. The predicted octanol–water partition coefficient (Wildman–Crippen LogP) is 3.24. The number of alkyl halides is 3. The highest BCUT2D eigenvalue weighted by molar-refractivity contribution is 6.07. The minimum atomic E-state index is -4.64. The molecule has 14 heteroatoms. The lowest BCUT2D eigenvalue weighted by atomic mass is 9.82. The number of carbonyl (C=O) groups is 3. The third-order valence-electron chi connectivity index (χ3n) is 9.44. The predicted molar refractivity (Wildman–Crippen MR) is 155 cm³/mol. The number of halogens is 3. The molecule has 3 amide bonds. The molecule has 2 N–H and O–H groups in total. The molecule has 4 atom stereocenters. The average Bonchev–Trinajstić information content (AvgIpc) is 3.67. The number of nitriles is 1. The van der Waals surface area contributed by atoms with Gasteiger partial charge in [0.1, 0.15) is 17.9 Å². The number of nitrogens with one attached hydrogen (secondary N) is 2. The van der Waals surface area contributed by atoms with Crippen molar-refractivity contribution in [1.82, 2.24) is 25.3 Å². The van der Waals surface area contributed by atoms with Gasteiger partial charge in [0.2, 0.25) is 0 Å². The van der Waals surface area contributed by atoms with Crippen LogP contribution in [0.25, 0.3) is 0 Å². The molecule has 240 valence electrons. The first-order chi connectivity index (χ1) is 21.6. The van der Waals surface area contributed by atoms with Crippen LogP contribution in [0, 0.1) is 17.2 Å². The molecule has 45 heavy (non-hydrogen) atoms. The zero-order valence-corrected chi connectivity index (χ0v) is 25.1. The molecule has 1 aliphatic carbocycles. The Morgan fingerprint density at radius 3 is 2.53 bits per heavy atom. The Balaban J connectivity index is 1.45. The van der Waals surface area contributed by atoms with E-state index in [1.54, 1.807) is 18.7 Å². The number of likely N-dealkylation sites (N-methyl/N-ethyl adjacent to an activating group) is 2. The number of nitrogens with zero attached hydrogens (tertiary/aromatic N) is 5. The number of amides is 3. The van der Waals surface area contributed by atoms with Gasteiger partial charge in [-0.2, -0.15) is 23.5 Å². The molecule has 4 aliphatic rings. The summed E-state index contributed by atoms with van der Waals surface area (Å²) in [5.41, 5.74) is -0.490. The highest BCUT2D eigenvalue weighted by Crippen LogP contribution is 2.52. The quantitative estimate of drug-likeness (QED) is 0.482. The van der Waals surface area contributed by atoms with Gasteiger partial charge >= 0.3 is 6.18 Å². The van der Waals surface area contributed by atoms with E-state index in [1.165, 1.54) is 15.9 Å². The van der Waals surface area contributed by atoms with Crippen LogP contribution in [0.15, 0.2) is 24.3 Å². The first-order valence-corrected chi connectivity index (χ1v) is 15.4. The fraction of sp³-hybridized carbons (Fsp3) is 0.581. The number of hydrogen-bond acceptors (Lipinski definition) is 7. The van der Waals surface area contributed by atoms with Crippen molar-refractivity contribution < 1.29 is 32.3 Å². The number of anilines is 1. The molecular weight excluding hydrogens is 591 g/mol. The monoisotopic (exact) mass is 627 g/mol. The minimum Gasteiger partial charge on any atom is -0.381 e. The number of benzene rings is 1. The van der Waals surface area contributed by atoms with Crippen LogP contribution in [0.1, 0.15) is 83.0 Å². The summed E-state index contributed by atoms with van der Waals surface area (Å²) in [5.74, 6) is -1.79. The molecule has 0 bridgehead atoms. The van der Waals surface area contributed by atoms with E-state index in [-0.39, 0.29) is 35.8 Å². The molecule has 1 saturated carbocycles. The standard InChI is InChI=1S/C31H36F3N7O4/c1-3-39-28-24(23(17-7-8-17)25(29(39)43)37-27(42)18-5-4-6-19(13-18)31(32,33)34)26(38-41(28)21-9-11-45-12-10-21)30(44)40-16-20(36-2)14-22(40)15-35/h4-6,13,17,20-23,25,36H,3,7-12,14,16H2,1-2H3,(H,37,42)/t20?,22-,23-,25-/m0/s1. The highest BCUT2D eigenvalue weighted by atomic mass is 19.4. The average molecular weight is 628 g/mol. The smallest absolute Gasteiger partial charge is 0.381 e. The molecule has 2 aromatic rings. The maximum absolute atomic E-state index is 14.3. The number of rotatable bonds is 7. The topological polar surface area (TPSA) is 133 Å². The second-order valence-electron chi connectivity index (χ2n) is 12.2. The SMILES string of the molecule is CCN1C(=O)[C@@H](NC(=O)c2cccc(C(F)(F)F)c2)[C@@H](C2CC2)c2c(C(=O)N3CC(NC)C[C@H]3C#N)nn(C3CCOCC3)c21. The third-order valence-corrected chi connectivity index (χ3v) is 9.44. The van der Waals surface area contributed by atoms with Gasteiger partial charge in [0.05, 0.1) is 17.7 Å². The first kappa shape index (κ1) is 31.0. The number of fused-ring (bicyclic) bond motifs is 1. The van der Waals surface area contributed by atoms with E-state index in [0.717, 1.165) is 31.0 Å². The Morgan fingerprint density at radius 2 is 1.91 bits per heavy atom. The van der Waals surface area contributed by atoms with Crippen molar-refractivity contribution in [2.24, 2.45) is 5.92 Å². The summed E-state index contributed by atoms with van der Waals surface area (Å²) < 4.78 is 47.6. The van der Waals surface area contributed by atoms with Crippen molar-refractivity contribution in [3.05, 3.63) is 46.6 Å². The Hall–Kier alpha value is -3.96. The highest BCUT2D eigenvalue weighted by Gasteiger charge is 2.53. The molecular formula is C31H36F3N7O4. The van der Waals surface area contributed by atoms with Gasteiger partial charge in [0, 0.05) is 49.4 Å². The molecule has 6 rings (SSSR count). The summed E-state index contributed by atoms with van der Waals surface area (Å²) >= 11 is 0. The molecule has 0 spiro atoms. The molecule has 3 fully saturated rings. The van der Waals surface area contributed by atoms with Crippen LogP contribution in [0.4, 0.5) is 19.0 Å². The van der Waals surface area contributed by atoms with Crippen LogP contribution in [-0.4, -0.2) is 83.9 Å². The summed E-state index contributed by atoms with van der Waals surface area (Å²) in [5, 5.41) is 20.7. The van der Waals surface area contributed by atoms with E-state index in [9.17, 15) is 32.8 Å². The fourth-order valence-corrected chi connectivity index (χ4v) is 6.96. The number of hydrogen-bond donors (Lipinski definition) is 2. The molecule has 0 radical (unpaired) electrons. The molecule has 2 saturated heterocycles. The van der Waals surface area contributed by atoms with Gasteiger partial charge in [-0.1, -0.05) is 6.07 Å². The molecule has 1 unspecified atom stereocenters. The number of ether oxygens (including phenoxy) is 1. The lowest BCUT2D eigenvalue weighted by Crippen LogP contribution is -2.56. The van der Waals surface area contributed by atoms with Crippen LogP contribution >= 0.6 is 0 Å². The normalized spacial score (nSPS) is 25.6. The van der Waals surface area contributed by atoms with Crippen molar-refractivity contribution in [2.75, 3.05) is 38.3 Å². The van der Waals surface area contributed by atoms with E-state index in [0.29, 0.717) is 50.4 Å². The summed E-state index contributed by atoms with van der Waals surface area (Å²) in [6, 6.07) is 4.32. The van der Waals surface area contributed by atoms with Crippen molar-refractivity contribution in [1.29, 1.82) is 5.26 Å². The third kappa shape index (κ3) is 5.68. The van der Waals surface area contributed by atoms with Gasteiger partial charge in [-0.05, 0) is 70.2 Å². The lowest BCUT2D eigenvalue weighted by molar-refractivity contribution is -0.137. The minimum absolute atomic E-state index is 0.0483. The Kier molecular flexibility index (Phi) is 8.34. The Bertz CT molecular complexity index is 1530. The van der Waals surface area contributed by atoms with E-state index < -0.39 is 47.5 Å². The Labute approximate surface area is 258 Å². The van der Waals surface area contributed by atoms with E-state index in [4.69, 9.17) is 9.84 Å². The maximum Gasteiger partial charge on any atom is 0.416 e. The maximum atomic E-state index is 14.3. The van der Waals surface area contributed by atoms with Crippen LogP contribution in [0.3, 0.4) is 0 Å². The summed E-state index contributed by atoms with van der Waals surface area (Å²) in [6.45, 7) is 3.31. The number of aromatic nitrogens is 2. The van der Waals surface area contributed by atoms with Crippen LogP contribution in [0.5, 0.6) is 0 Å². The van der Waals surface area contributed by atoms with Crippen molar-refractivity contribution >= 4 is 23.5 Å². The molecule has 11 nitrogen and oxygen atoms in total. The molecule has 3 aliphatic heterocycles. The van der Waals surface area contributed by atoms with Crippen LogP contribution in [0.2, 0.25) is 0 Å². The summed E-state index contributed by atoms with van der Waals surface area (Å²) in [4.78, 5) is 45.1. The zero-order chi connectivity index (χ0) is 32.0. The van der Waals surface area contributed by atoms with Crippen molar-refractivity contribution in [2.45, 2.75) is 75.3 Å². The van der Waals surface area contributed by atoms with Crippen molar-refractivity contribution in [3.8, 4) is 6.07 Å². The van der Waals surface area contributed by atoms with E-state index in [1.807, 2.05) is 0 Å². The second-order valence-corrected chi connectivity index (χ2v) is 12.2. The van der Waals surface area contributed by atoms with Gasteiger partial charge in [0.25, 0.3) is 17.7 Å². The van der Waals surface area contributed by atoms with E-state index in [2.05, 4.69) is 16.7 Å². The Morgan fingerprint density at radius 1 is 1.18 bits per heavy atom. The number of carbonyl (C=O) groups excluding carboxylic acids is 3. The molecule has 1 aromatic carbocycles. The van der Waals surface area contributed by atoms with Gasteiger partial charge in [0.15, 0.2) is 5.69 Å². The van der Waals surface area contributed by atoms with Gasteiger partial charge in [-0.25, -0.2) is 4.68 Å². The summed E-state index contributed by atoms with van der Waals surface area (Å²) in [7, 11) is 1.78. The van der Waals surface area contributed by atoms with Gasteiger partial charge in [-0.3, -0.25) is 19.3 Å².